The number of benzene rings is 1. The average molecular weight is 242 g/mol. The maximum atomic E-state index is 5.83. The predicted octanol–water partition coefficient (Wildman–Crippen LogP) is 2.68. The van der Waals surface area contributed by atoms with Crippen molar-refractivity contribution in [3.8, 4) is 0 Å². The van der Waals surface area contributed by atoms with Crippen molar-refractivity contribution in [3.63, 3.8) is 0 Å². The van der Waals surface area contributed by atoms with Crippen LogP contribution in [0, 0.1) is 0 Å². The number of anilines is 2. The number of hydrogen-bond donors (Lipinski definition) is 2. The Balaban J connectivity index is 2.27. The molecule has 0 aliphatic carbocycles. The summed E-state index contributed by atoms with van der Waals surface area (Å²) in [7, 11) is 4.18. The molecular weight excluding hydrogens is 222 g/mol. The van der Waals surface area contributed by atoms with E-state index in [1.54, 1.807) is 6.07 Å². The van der Waals surface area contributed by atoms with Crippen LogP contribution in [-0.4, -0.2) is 32.1 Å². The zero-order chi connectivity index (χ0) is 12.0. The van der Waals surface area contributed by atoms with E-state index in [9.17, 15) is 0 Å². The molecule has 0 radical (unpaired) electrons. The van der Waals surface area contributed by atoms with Crippen molar-refractivity contribution >= 4 is 23.0 Å². The van der Waals surface area contributed by atoms with Gasteiger partial charge < -0.3 is 16.0 Å². The zero-order valence-electron chi connectivity index (χ0n) is 9.96. The first-order chi connectivity index (χ1) is 7.59. The smallest absolute Gasteiger partial charge is 0.0574 e. The van der Waals surface area contributed by atoms with E-state index in [0.29, 0.717) is 10.7 Å². The highest BCUT2D eigenvalue weighted by Crippen LogP contribution is 2.22. The van der Waals surface area contributed by atoms with Crippen LogP contribution in [0.5, 0.6) is 0 Å². The SMILES string of the molecule is CN(C)CCCCNc1ccc(Cl)cc1N. The number of nitrogens with two attached hydrogens (primary N) is 1. The lowest BCUT2D eigenvalue weighted by Crippen LogP contribution is -2.14. The summed E-state index contributed by atoms with van der Waals surface area (Å²) in [6.45, 7) is 2.07. The molecule has 0 unspecified atom stereocenters. The van der Waals surface area contributed by atoms with Gasteiger partial charge in [0.2, 0.25) is 0 Å². The van der Waals surface area contributed by atoms with Gasteiger partial charge in [-0.2, -0.15) is 0 Å². The van der Waals surface area contributed by atoms with E-state index in [4.69, 9.17) is 17.3 Å². The molecule has 0 fully saturated rings. The molecule has 0 amide bonds. The normalized spacial score (nSPS) is 10.8. The number of halogens is 1. The molecule has 0 bridgehead atoms. The second kappa shape index (κ2) is 6.61. The topological polar surface area (TPSA) is 41.3 Å². The van der Waals surface area contributed by atoms with Gasteiger partial charge in [0, 0.05) is 11.6 Å². The van der Waals surface area contributed by atoms with Crippen molar-refractivity contribution in [1.29, 1.82) is 0 Å². The van der Waals surface area contributed by atoms with Gasteiger partial charge in [0.25, 0.3) is 0 Å². The van der Waals surface area contributed by atoms with Crippen LogP contribution in [0.3, 0.4) is 0 Å². The minimum atomic E-state index is 0.677. The molecule has 1 rings (SSSR count). The van der Waals surface area contributed by atoms with Crippen molar-refractivity contribution < 1.29 is 0 Å². The molecule has 0 aliphatic heterocycles. The van der Waals surface area contributed by atoms with Gasteiger partial charge in [-0.1, -0.05) is 11.6 Å². The summed E-state index contributed by atoms with van der Waals surface area (Å²) in [4.78, 5) is 2.19. The summed E-state index contributed by atoms with van der Waals surface area (Å²) in [5.41, 5.74) is 7.50. The summed E-state index contributed by atoms with van der Waals surface area (Å²) in [5, 5.41) is 3.99. The highest BCUT2D eigenvalue weighted by molar-refractivity contribution is 6.31. The Morgan fingerprint density at radius 1 is 1.31 bits per heavy atom. The molecule has 3 N–H and O–H groups in total. The zero-order valence-corrected chi connectivity index (χ0v) is 10.7. The number of rotatable bonds is 6. The molecule has 0 aromatic heterocycles. The Hall–Kier alpha value is -0.930. The maximum absolute atomic E-state index is 5.83. The van der Waals surface area contributed by atoms with Crippen LogP contribution < -0.4 is 11.1 Å². The van der Waals surface area contributed by atoms with Crippen LogP contribution in [0.15, 0.2) is 18.2 Å². The van der Waals surface area contributed by atoms with E-state index in [0.717, 1.165) is 25.2 Å². The monoisotopic (exact) mass is 241 g/mol. The third-order valence-corrected chi connectivity index (χ3v) is 2.60. The Morgan fingerprint density at radius 2 is 2.06 bits per heavy atom. The first-order valence-electron chi connectivity index (χ1n) is 5.53. The molecule has 1 aromatic rings. The fourth-order valence-electron chi connectivity index (χ4n) is 1.47. The fourth-order valence-corrected chi connectivity index (χ4v) is 1.65. The van der Waals surface area contributed by atoms with Crippen LogP contribution in [0.4, 0.5) is 11.4 Å². The van der Waals surface area contributed by atoms with Gasteiger partial charge in [0.15, 0.2) is 0 Å². The van der Waals surface area contributed by atoms with E-state index in [-0.39, 0.29) is 0 Å². The van der Waals surface area contributed by atoms with Gasteiger partial charge in [0.05, 0.1) is 11.4 Å². The summed E-state index contributed by atoms with van der Waals surface area (Å²) in [6, 6.07) is 5.54. The van der Waals surface area contributed by atoms with Crippen LogP contribution in [0.2, 0.25) is 5.02 Å². The maximum Gasteiger partial charge on any atom is 0.0574 e. The highest BCUT2D eigenvalue weighted by atomic mass is 35.5. The quantitative estimate of drug-likeness (QED) is 0.594. The minimum Gasteiger partial charge on any atom is -0.397 e. The number of unbranched alkanes of at least 4 members (excludes halogenated alkanes) is 1. The molecule has 0 heterocycles. The number of nitrogen functional groups attached to an aromatic ring is 1. The number of nitrogens with one attached hydrogen (secondary N) is 1. The van der Waals surface area contributed by atoms with Crippen LogP contribution in [0.1, 0.15) is 12.8 Å². The summed E-state index contributed by atoms with van der Waals surface area (Å²) in [5.74, 6) is 0. The van der Waals surface area contributed by atoms with Crippen molar-refractivity contribution in [2.45, 2.75) is 12.8 Å². The van der Waals surface area contributed by atoms with Gasteiger partial charge >= 0.3 is 0 Å². The molecule has 0 saturated carbocycles. The Bertz CT molecular complexity index is 326. The van der Waals surface area contributed by atoms with Crippen LogP contribution >= 0.6 is 11.6 Å². The lowest BCUT2D eigenvalue weighted by molar-refractivity contribution is 0.396. The third-order valence-electron chi connectivity index (χ3n) is 2.36. The molecule has 1 aromatic carbocycles. The van der Waals surface area contributed by atoms with Crippen molar-refractivity contribution in [1.82, 2.24) is 4.90 Å². The van der Waals surface area contributed by atoms with Gasteiger partial charge in [-0.15, -0.1) is 0 Å². The fraction of sp³-hybridized carbons (Fsp3) is 0.500. The molecule has 3 nitrogen and oxygen atoms in total. The molecule has 0 atom stereocenters. The Labute approximate surface area is 103 Å². The lowest BCUT2D eigenvalue weighted by atomic mass is 10.2. The van der Waals surface area contributed by atoms with E-state index < -0.39 is 0 Å². The third kappa shape index (κ3) is 4.73. The van der Waals surface area contributed by atoms with E-state index >= 15 is 0 Å². The van der Waals surface area contributed by atoms with Crippen molar-refractivity contribution in [2.75, 3.05) is 38.2 Å². The van der Waals surface area contributed by atoms with E-state index in [1.165, 1.54) is 6.42 Å². The summed E-state index contributed by atoms with van der Waals surface area (Å²) < 4.78 is 0. The van der Waals surface area contributed by atoms with Crippen molar-refractivity contribution in [3.05, 3.63) is 23.2 Å². The standard InChI is InChI=1S/C12H20ClN3/c1-16(2)8-4-3-7-15-12-6-5-10(13)9-11(12)14/h5-6,9,15H,3-4,7-8,14H2,1-2H3. The van der Waals surface area contributed by atoms with Gasteiger partial charge in [-0.3, -0.25) is 0 Å². The molecule has 0 spiro atoms. The minimum absolute atomic E-state index is 0.677. The van der Waals surface area contributed by atoms with E-state index in [2.05, 4.69) is 24.3 Å². The molecule has 4 heteroatoms. The second-order valence-electron chi connectivity index (χ2n) is 4.17. The first kappa shape index (κ1) is 13.1. The van der Waals surface area contributed by atoms with E-state index in [1.807, 2.05) is 12.1 Å². The van der Waals surface area contributed by atoms with Crippen LogP contribution in [-0.2, 0) is 0 Å². The molecule has 90 valence electrons. The highest BCUT2D eigenvalue weighted by Gasteiger charge is 1.98. The number of nitrogens with zero attached hydrogens (tertiary/aromatic N) is 1. The van der Waals surface area contributed by atoms with Gasteiger partial charge in [-0.25, -0.2) is 0 Å². The average Bonchev–Trinajstić information content (AvgIpc) is 2.20. The van der Waals surface area contributed by atoms with Gasteiger partial charge in [0.1, 0.15) is 0 Å². The molecule has 0 saturated heterocycles. The molecule has 0 aliphatic rings. The Kier molecular flexibility index (Phi) is 5.43. The largest absolute Gasteiger partial charge is 0.397 e. The van der Waals surface area contributed by atoms with Crippen molar-refractivity contribution in [2.24, 2.45) is 0 Å². The van der Waals surface area contributed by atoms with Crippen LogP contribution in [0.25, 0.3) is 0 Å². The Morgan fingerprint density at radius 3 is 2.69 bits per heavy atom. The first-order valence-corrected chi connectivity index (χ1v) is 5.91. The predicted molar refractivity (Wildman–Crippen MR) is 72.1 cm³/mol. The lowest BCUT2D eigenvalue weighted by Gasteiger charge is -2.11. The molecular formula is C12H20ClN3. The molecule has 16 heavy (non-hydrogen) atoms. The summed E-state index contributed by atoms with van der Waals surface area (Å²) >= 11 is 5.82. The summed E-state index contributed by atoms with van der Waals surface area (Å²) in [6.07, 6.45) is 2.33. The van der Waals surface area contributed by atoms with Gasteiger partial charge in [-0.05, 0) is 51.7 Å². The second-order valence-corrected chi connectivity index (χ2v) is 4.61. The number of hydrogen-bond acceptors (Lipinski definition) is 3.